The predicted octanol–water partition coefficient (Wildman–Crippen LogP) is 3.76. The van der Waals surface area contributed by atoms with E-state index in [4.69, 9.17) is 10.5 Å². The Labute approximate surface area is 112 Å². The highest BCUT2D eigenvalue weighted by Gasteiger charge is 2.32. The van der Waals surface area contributed by atoms with Crippen molar-refractivity contribution in [3.8, 4) is 5.75 Å². The highest BCUT2D eigenvalue weighted by atomic mass is 79.9. The molecule has 1 rings (SSSR count). The van der Waals surface area contributed by atoms with Crippen LogP contribution in [0.15, 0.2) is 16.6 Å². The SMILES string of the molecule is COc1cc(C(F)(F)F)cc(Br)c1CCCCN. The molecule has 0 radical (unpaired) electrons. The normalized spacial score (nSPS) is 11.7. The van der Waals surface area contributed by atoms with E-state index in [1.807, 2.05) is 0 Å². The number of rotatable bonds is 5. The molecule has 0 saturated heterocycles. The zero-order valence-electron chi connectivity index (χ0n) is 9.98. The first kappa shape index (κ1) is 15.3. The minimum absolute atomic E-state index is 0.258. The maximum atomic E-state index is 12.6. The van der Waals surface area contributed by atoms with E-state index in [1.165, 1.54) is 7.11 Å². The van der Waals surface area contributed by atoms with Crippen molar-refractivity contribution in [1.82, 2.24) is 0 Å². The number of hydrogen-bond acceptors (Lipinski definition) is 2. The van der Waals surface area contributed by atoms with Gasteiger partial charge in [0.1, 0.15) is 5.75 Å². The van der Waals surface area contributed by atoms with Gasteiger partial charge in [-0.25, -0.2) is 0 Å². The molecule has 0 saturated carbocycles. The third kappa shape index (κ3) is 3.88. The van der Waals surface area contributed by atoms with Crippen molar-refractivity contribution in [1.29, 1.82) is 0 Å². The van der Waals surface area contributed by atoms with Crippen LogP contribution in [0.2, 0.25) is 0 Å². The van der Waals surface area contributed by atoms with Crippen LogP contribution in [-0.2, 0) is 12.6 Å². The number of nitrogens with two attached hydrogens (primary N) is 1. The van der Waals surface area contributed by atoms with Gasteiger partial charge in [-0.1, -0.05) is 15.9 Å². The molecule has 0 bridgehead atoms. The minimum atomic E-state index is -4.37. The third-order valence-corrected chi connectivity index (χ3v) is 3.29. The van der Waals surface area contributed by atoms with E-state index in [0.717, 1.165) is 30.5 Å². The highest BCUT2D eigenvalue weighted by Crippen LogP contribution is 2.37. The molecule has 18 heavy (non-hydrogen) atoms. The van der Waals surface area contributed by atoms with E-state index in [0.29, 0.717) is 17.4 Å². The molecule has 0 atom stereocenters. The summed E-state index contributed by atoms with van der Waals surface area (Å²) in [6.45, 7) is 0.570. The van der Waals surface area contributed by atoms with Gasteiger partial charge in [-0.3, -0.25) is 0 Å². The lowest BCUT2D eigenvalue weighted by molar-refractivity contribution is -0.137. The number of ether oxygens (including phenoxy) is 1. The molecule has 2 nitrogen and oxygen atoms in total. The Morgan fingerprint density at radius 2 is 1.94 bits per heavy atom. The zero-order valence-corrected chi connectivity index (χ0v) is 11.6. The number of hydrogen-bond donors (Lipinski definition) is 1. The molecular weight excluding hydrogens is 311 g/mol. The van der Waals surface area contributed by atoms with Gasteiger partial charge in [0, 0.05) is 10.0 Å². The molecule has 0 aliphatic carbocycles. The fourth-order valence-electron chi connectivity index (χ4n) is 1.65. The molecule has 2 N–H and O–H groups in total. The molecule has 0 amide bonds. The molecule has 0 aromatic heterocycles. The smallest absolute Gasteiger partial charge is 0.416 e. The summed E-state index contributed by atoms with van der Waals surface area (Å²) >= 11 is 3.17. The van der Waals surface area contributed by atoms with Crippen molar-refractivity contribution in [3.05, 3.63) is 27.7 Å². The minimum Gasteiger partial charge on any atom is -0.496 e. The summed E-state index contributed by atoms with van der Waals surface area (Å²) in [6.07, 6.45) is -2.09. The maximum absolute atomic E-state index is 12.6. The molecule has 1 aromatic carbocycles. The first-order valence-electron chi connectivity index (χ1n) is 5.53. The Hall–Kier alpha value is -0.750. The van der Waals surface area contributed by atoms with Crippen LogP contribution in [0, 0.1) is 0 Å². The Morgan fingerprint density at radius 3 is 2.44 bits per heavy atom. The predicted molar refractivity (Wildman–Crippen MR) is 67.7 cm³/mol. The molecule has 102 valence electrons. The van der Waals surface area contributed by atoms with Crippen LogP contribution in [0.4, 0.5) is 13.2 Å². The monoisotopic (exact) mass is 325 g/mol. The lowest BCUT2D eigenvalue weighted by atomic mass is 10.0. The van der Waals surface area contributed by atoms with Crippen LogP contribution in [0.25, 0.3) is 0 Å². The highest BCUT2D eigenvalue weighted by molar-refractivity contribution is 9.10. The van der Waals surface area contributed by atoms with Gasteiger partial charge in [0.15, 0.2) is 0 Å². The lowest BCUT2D eigenvalue weighted by Crippen LogP contribution is -2.07. The molecule has 1 aromatic rings. The van der Waals surface area contributed by atoms with Crippen molar-refractivity contribution in [2.75, 3.05) is 13.7 Å². The van der Waals surface area contributed by atoms with E-state index in [1.54, 1.807) is 0 Å². The van der Waals surface area contributed by atoms with Crippen LogP contribution in [-0.4, -0.2) is 13.7 Å². The van der Waals surface area contributed by atoms with Gasteiger partial charge >= 0.3 is 6.18 Å². The fourth-order valence-corrected chi connectivity index (χ4v) is 2.29. The molecule has 0 aliphatic rings. The van der Waals surface area contributed by atoms with E-state index in [2.05, 4.69) is 15.9 Å². The van der Waals surface area contributed by atoms with Gasteiger partial charge in [0.2, 0.25) is 0 Å². The van der Waals surface area contributed by atoms with E-state index in [9.17, 15) is 13.2 Å². The second kappa shape index (κ2) is 6.43. The second-order valence-corrected chi connectivity index (χ2v) is 4.74. The van der Waals surface area contributed by atoms with Crippen molar-refractivity contribution < 1.29 is 17.9 Å². The maximum Gasteiger partial charge on any atom is 0.416 e. The number of halogens is 4. The van der Waals surface area contributed by atoms with E-state index >= 15 is 0 Å². The van der Waals surface area contributed by atoms with Crippen LogP contribution in [0.1, 0.15) is 24.0 Å². The van der Waals surface area contributed by atoms with Gasteiger partial charge in [0.25, 0.3) is 0 Å². The second-order valence-electron chi connectivity index (χ2n) is 3.88. The third-order valence-electron chi connectivity index (χ3n) is 2.58. The van der Waals surface area contributed by atoms with Crippen molar-refractivity contribution in [3.63, 3.8) is 0 Å². The van der Waals surface area contributed by atoms with E-state index in [-0.39, 0.29) is 5.75 Å². The van der Waals surface area contributed by atoms with Crippen LogP contribution < -0.4 is 10.5 Å². The summed E-state index contributed by atoms with van der Waals surface area (Å²) in [5.41, 5.74) is 5.43. The topological polar surface area (TPSA) is 35.2 Å². The average Bonchev–Trinajstić information content (AvgIpc) is 2.29. The number of unbranched alkanes of at least 4 members (excludes halogenated alkanes) is 1. The van der Waals surface area contributed by atoms with Crippen molar-refractivity contribution in [2.24, 2.45) is 5.73 Å². The lowest BCUT2D eigenvalue weighted by Gasteiger charge is -2.14. The fraction of sp³-hybridized carbons (Fsp3) is 0.500. The Morgan fingerprint density at radius 1 is 1.28 bits per heavy atom. The van der Waals surface area contributed by atoms with Gasteiger partial charge in [-0.2, -0.15) is 13.2 Å². The van der Waals surface area contributed by atoms with Crippen LogP contribution in [0.5, 0.6) is 5.75 Å². The largest absolute Gasteiger partial charge is 0.496 e. The number of methoxy groups -OCH3 is 1. The van der Waals surface area contributed by atoms with Crippen LogP contribution >= 0.6 is 15.9 Å². The average molecular weight is 326 g/mol. The summed E-state index contributed by atoms with van der Waals surface area (Å²) in [4.78, 5) is 0. The molecule has 6 heteroatoms. The summed E-state index contributed by atoms with van der Waals surface area (Å²) in [5, 5.41) is 0. The summed E-state index contributed by atoms with van der Waals surface area (Å²) in [7, 11) is 1.37. The molecular formula is C12H15BrF3NO. The molecule has 0 aliphatic heterocycles. The summed E-state index contributed by atoms with van der Waals surface area (Å²) in [5.74, 6) is 0.258. The molecule has 0 unspecified atom stereocenters. The standard InChI is InChI=1S/C12H15BrF3NO/c1-18-11-7-8(12(14,15)16)6-10(13)9(11)4-2-3-5-17/h6-7H,2-5,17H2,1H3. The molecule has 0 fully saturated rings. The van der Waals surface area contributed by atoms with Gasteiger partial charge in [-0.05, 0) is 37.9 Å². The van der Waals surface area contributed by atoms with Crippen LogP contribution in [0.3, 0.4) is 0 Å². The quantitative estimate of drug-likeness (QED) is 0.836. The number of alkyl halides is 3. The Bertz CT molecular complexity index is 407. The Balaban J connectivity index is 3.04. The molecule has 0 spiro atoms. The number of benzene rings is 1. The van der Waals surface area contributed by atoms with E-state index < -0.39 is 11.7 Å². The van der Waals surface area contributed by atoms with Crippen molar-refractivity contribution in [2.45, 2.75) is 25.4 Å². The molecule has 0 heterocycles. The zero-order chi connectivity index (χ0) is 13.8. The van der Waals surface area contributed by atoms with Gasteiger partial charge < -0.3 is 10.5 Å². The summed E-state index contributed by atoms with van der Waals surface area (Å²) < 4.78 is 43.3. The summed E-state index contributed by atoms with van der Waals surface area (Å²) in [6, 6.07) is 2.11. The first-order chi connectivity index (χ1) is 8.40. The Kier molecular flexibility index (Phi) is 5.47. The van der Waals surface area contributed by atoms with Crippen molar-refractivity contribution >= 4 is 15.9 Å². The van der Waals surface area contributed by atoms with Gasteiger partial charge in [0.05, 0.1) is 12.7 Å². The van der Waals surface area contributed by atoms with Gasteiger partial charge in [-0.15, -0.1) is 0 Å². The first-order valence-corrected chi connectivity index (χ1v) is 6.33.